The van der Waals surface area contributed by atoms with E-state index in [-0.39, 0.29) is 11.2 Å². The van der Waals surface area contributed by atoms with Gasteiger partial charge in [0.1, 0.15) is 0 Å². The Kier molecular flexibility index (Phi) is 9.87. The van der Waals surface area contributed by atoms with Gasteiger partial charge in [-0.3, -0.25) is 0 Å². The van der Waals surface area contributed by atoms with Crippen molar-refractivity contribution in [3.05, 3.63) is 47.5 Å². The fraction of sp³-hybridized carbons (Fsp3) is 0.600. The number of halogens is 1. The van der Waals surface area contributed by atoms with E-state index in [1.54, 1.807) is 7.11 Å². The Labute approximate surface area is 233 Å². The molecule has 0 aliphatic carbocycles. The number of hydrogen-bond acceptors (Lipinski definition) is 6. The number of ether oxygens (including phenoxy) is 2. The molecule has 0 N–H and O–H groups in total. The molecule has 2 aromatic carbocycles. The molecular weight excluding hydrogens is 502 g/mol. The van der Waals surface area contributed by atoms with E-state index < -0.39 is 0 Å². The molecular formula is C30H44ClN3O2S. The number of piperazine rings is 1. The van der Waals surface area contributed by atoms with E-state index >= 15 is 0 Å². The fourth-order valence-corrected chi connectivity index (χ4v) is 6.15. The Balaban J connectivity index is 1.20. The Morgan fingerprint density at radius 3 is 2.22 bits per heavy atom. The maximum Gasteiger partial charge on any atom is 0.0644 e. The van der Waals surface area contributed by atoms with E-state index in [1.807, 2.05) is 17.8 Å². The van der Waals surface area contributed by atoms with Gasteiger partial charge in [0.05, 0.1) is 29.2 Å². The molecule has 2 heterocycles. The zero-order valence-corrected chi connectivity index (χ0v) is 24.8. The Morgan fingerprint density at radius 2 is 1.49 bits per heavy atom. The van der Waals surface area contributed by atoms with Crippen molar-refractivity contribution in [2.24, 2.45) is 0 Å². The average Bonchev–Trinajstić information content (AvgIpc) is 2.88. The van der Waals surface area contributed by atoms with Gasteiger partial charge in [-0.15, -0.1) is 0 Å². The molecule has 1 saturated heterocycles. The summed E-state index contributed by atoms with van der Waals surface area (Å²) in [6.07, 6.45) is 3.09. The molecule has 4 rings (SSSR count). The smallest absolute Gasteiger partial charge is 0.0644 e. The maximum atomic E-state index is 6.38. The van der Waals surface area contributed by atoms with Gasteiger partial charge in [0.2, 0.25) is 0 Å². The highest BCUT2D eigenvalue weighted by Gasteiger charge is 2.26. The highest BCUT2D eigenvalue weighted by Crippen LogP contribution is 2.48. The second kappa shape index (κ2) is 12.7. The molecule has 37 heavy (non-hydrogen) atoms. The Morgan fingerprint density at radius 1 is 0.811 bits per heavy atom. The minimum atomic E-state index is -0.126. The van der Waals surface area contributed by atoms with Crippen molar-refractivity contribution in [2.45, 2.75) is 68.0 Å². The van der Waals surface area contributed by atoms with Gasteiger partial charge in [-0.1, -0.05) is 35.5 Å². The van der Waals surface area contributed by atoms with Crippen LogP contribution in [0.1, 0.15) is 47.0 Å². The predicted molar refractivity (Wildman–Crippen MR) is 157 cm³/mol. The van der Waals surface area contributed by atoms with E-state index in [1.165, 1.54) is 21.2 Å². The van der Waals surface area contributed by atoms with Crippen LogP contribution in [0.15, 0.2) is 52.3 Å². The minimum absolute atomic E-state index is 0.108. The first-order valence-electron chi connectivity index (χ1n) is 13.6. The van der Waals surface area contributed by atoms with Crippen molar-refractivity contribution in [2.75, 3.05) is 64.4 Å². The summed E-state index contributed by atoms with van der Waals surface area (Å²) in [7, 11) is 1.77. The van der Waals surface area contributed by atoms with Crippen LogP contribution in [0.2, 0.25) is 5.02 Å². The molecule has 2 aliphatic heterocycles. The quantitative estimate of drug-likeness (QED) is 0.286. The largest absolute Gasteiger partial charge is 0.379 e. The monoisotopic (exact) mass is 545 g/mol. The van der Waals surface area contributed by atoms with Crippen LogP contribution in [0, 0.1) is 0 Å². The second-order valence-electron chi connectivity index (χ2n) is 11.4. The van der Waals surface area contributed by atoms with Gasteiger partial charge < -0.3 is 24.2 Å². The lowest BCUT2D eigenvalue weighted by Gasteiger charge is -2.37. The van der Waals surface area contributed by atoms with Crippen LogP contribution in [-0.2, 0) is 9.47 Å². The van der Waals surface area contributed by atoms with Crippen molar-refractivity contribution in [3.8, 4) is 0 Å². The molecule has 5 nitrogen and oxygen atoms in total. The minimum Gasteiger partial charge on any atom is -0.379 e. The first kappa shape index (κ1) is 28.7. The number of benzene rings is 2. The van der Waals surface area contributed by atoms with E-state index in [4.69, 9.17) is 21.1 Å². The molecule has 0 saturated carbocycles. The van der Waals surface area contributed by atoms with Crippen LogP contribution in [0.3, 0.4) is 0 Å². The third-order valence-electron chi connectivity index (χ3n) is 7.69. The molecule has 0 atom stereocenters. The molecule has 2 aliphatic rings. The normalized spacial score (nSPS) is 17.1. The van der Waals surface area contributed by atoms with Gasteiger partial charge >= 0.3 is 0 Å². The summed E-state index contributed by atoms with van der Waals surface area (Å²) in [4.78, 5) is 10.3. The van der Waals surface area contributed by atoms with E-state index in [2.05, 4.69) is 78.8 Å². The molecule has 0 unspecified atom stereocenters. The number of hydrogen-bond donors (Lipinski definition) is 0. The van der Waals surface area contributed by atoms with E-state index in [0.29, 0.717) is 0 Å². The molecule has 0 radical (unpaired) electrons. The lowest BCUT2D eigenvalue weighted by Crippen LogP contribution is -2.48. The molecule has 2 aromatic rings. The van der Waals surface area contributed by atoms with Gasteiger partial charge in [0, 0.05) is 61.2 Å². The molecule has 7 heteroatoms. The standard InChI is InChI=1S/C30H44ClN3O2S/c1-29(2,35-5)14-22-36-30(3,4)13-17-33-20-18-32(19-21-33)15-8-16-34-25-9-6-7-10-27(25)37-28-12-11-24(31)23-26(28)34/h6-7,9-12,23H,8,13-22H2,1-5H3. The van der Waals surface area contributed by atoms with Crippen LogP contribution < -0.4 is 4.90 Å². The maximum absolute atomic E-state index is 6.38. The first-order valence-corrected chi connectivity index (χ1v) is 14.8. The van der Waals surface area contributed by atoms with Gasteiger partial charge in [-0.05, 0) is 83.8 Å². The summed E-state index contributed by atoms with van der Waals surface area (Å²) in [6.45, 7) is 17.1. The highest BCUT2D eigenvalue weighted by atomic mass is 35.5. The van der Waals surface area contributed by atoms with Gasteiger partial charge in [0.15, 0.2) is 0 Å². The van der Waals surface area contributed by atoms with Gasteiger partial charge in [-0.25, -0.2) is 0 Å². The summed E-state index contributed by atoms with van der Waals surface area (Å²) >= 11 is 8.22. The number of para-hydroxylation sites is 1. The van der Waals surface area contributed by atoms with Crippen LogP contribution in [0.25, 0.3) is 0 Å². The molecule has 204 valence electrons. The zero-order chi connectivity index (χ0) is 26.5. The Bertz CT molecular complexity index is 1020. The van der Waals surface area contributed by atoms with Crippen LogP contribution in [-0.4, -0.2) is 80.5 Å². The Hall–Kier alpha value is -1.28. The number of rotatable bonds is 12. The van der Waals surface area contributed by atoms with Crippen molar-refractivity contribution in [3.63, 3.8) is 0 Å². The molecule has 0 aromatic heterocycles. The van der Waals surface area contributed by atoms with Crippen LogP contribution in [0.5, 0.6) is 0 Å². The molecule has 0 amide bonds. The van der Waals surface area contributed by atoms with Crippen LogP contribution in [0.4, 0.5) is 11.4 Å². The zero-order valence-electron chi connectivity index (χ0n) is 23.3. The van der Waals surface area contributed by atoms with Crippen molar-refractivity contribution in [1.82, 2.24) is 9.80 Å². The predicted octanol–water partition coefficient (Wildman–Crippen LogP) is 6.95. The van der Waals surface area contributed by atoms with E-state index in [0.717, 1.165) is 76.7 Å². The summed E-state index contributed by atoms with van der Waals surface area (Å²) < 4.78 is 11.7. The molecule has 0 bridgehead atoms. The van der Waals surface area contributed by atoms with Crippen LogP contribution >= 0.6 is 23.4 Å². The lowest BCUT2D eigenvalue weighted by molar-refractivity contribution is -0.0647. The van der Waals surface area contributed by atoms with Gasteiger partial charge in [-0.2, -0.15) is 0 Å². The fourth-order valence-electron chi connectivity index (χ4n) is 4.91. The van der Waals surface area contributed by atoms with Crippen molar-refractivity contribution >= 4 is 34.7 Å². The summed E-state index contributed by atoms with van der Waals surface area (Å²) in [6, 6.07) is 15.0. The van der Waals surface area contributed by atoms with Crippen molar-refractivity contribution in [1.29, 1.82) is 0 Å². The number of methoxy groups -OCH3 is 1. The lowest BCUT2D eigenvalue weighted by atomic mass is 10.0. The summed E-state index contributed by atoms with van der Waals surface area (Å²) in [5.41, 5.74) is 2.29. The summed E-state index contributed by atoms with van der Waals surface area (Å²) in [5, 5.41) is 0.798. The average molecular weight is 546 g/mol. The SMILES string of the molecule is COC(C)(C)CCOC(C)(C)CCN1CCN(CCCN2c3ccccc3Sc3ccc(Cl)cc32)CC1. The molecule has 0 spiro atoms. The third kappa shape index (κ3) is 8.11. The van der Waals surface area contributed by atoms with E-state index in [9.17, 15) is 0 Å². The second-order valence-corrected chi connectivity index (χ2v) is 13.0. The van der Waals surface area contributed by atoms with Gasteiger partial charge in [0.25, 0.3) is 0 Å². The summed E-state index contributed by atoms with van der Waals surface area (Å²) in [5.74, 6) is 0. The number of fused-ring (bicyclic) bond motifs is 2. The topological polar surface area (TPSA) is 28.2 Å². The number of anilines is 2. The molecule has 1 fully saturated rings. The van der Waals surface area contributed by atoms with Crippen molar-refractivity contribution < 1.29 is 9.47 Å². The third-order valence-corrected chi connectivity index (χ3v) is 9.05. The number of nitrogens with zero attached hydrogens (tertiary/aromatic N) is 3. The first-order chi connectivity index (χ1) is 17.7. The highest BCUT2D eigenvalue weighted by molar-refractivity contribution is 7.99.